The molecule has 2 aliphatic rings. The molecule has 6 nitrogen and oxygen atoms in total. The third-order valence-corrected chi connectivity index (χ3v) is 8.20. The predicted octanol–water partition coefficient (Wildman–Crippen LogP) is 5.47. The van der Waals surface area contributed by atoms with Crippen LogP contribution in [-0.4, -0.2) is 69.0 Å². The summed E-state index contributed by atoms with van der Waals surface area (Å²) < 4.78 is 1.99. The third kappa shape index (κ3) is 5.95. The Morgan fingerprint density at radius 3 is 2.43 bits per heavy atom. The van der Waals surface area contributed by atoms with Gasteiger partial charge in [0.1, 0.15) is 0 Å². The van der Waals surface area contributed by atoms with Crippen molar-refractivity contribution in [2.75, 3.05) is 39.0 Å². The summed E-state index contributed by atoms with van der Waals surface area (Å²) in [6.45, 7) is 9.29. The molecule has 192 valence electrons. The molecule has 1 aliphatic heterocycles. The number of piperazine rings is 1. The van der Waals surface area contributed by atoms with E-state index < -0.39 is 0 Å². The van der Waals surface area contributed by atoms with Crippen molar-refractivity contribution in [3.8, 4) is 5.69 Å². The van der Waals surface area contributed by atoms with Crippen LogP contribution < -0.4 is 0 Å². The van der Waals surface area contributed by atoms with Crippen LogP contribution in [0.4, 0.5) is 0 Å². The van der Waals surface area contributed by atoms with Gasteiger partial charge in [-0.3, -0.25) is 9.80 Å². The predicted molar refractivity (Wildman–Crippen MR) is 154 cm³/mol. The maximum Gasteiger partial charge on any atom is 0.174 e. The number of thioether (sulfide) groups is 1. The summed E-state index contributed by atoms with van der Waals surface area (Å²) in [6.07, 6.45) is 14.6. The molecule has 2 aromatic carbocycles. The standard InChI is InChI=1S/C30H36N6S/c1-23-9-7-10-24(2)28(23)36-30(31-32-33-36)29(26-14-16-27(37-3)17-15-26)35-21-19-34(20-22-35)18-8-13-25-11-5-4-6-12-25/h4-14,16-17,26,29H,15,18-22H2,1-3H3/b13-8+/t26?,29-/m1/s1. The van der Waals surface area contributed by atoms with Gasteiger partial charge in [-0.05, 0) is 53.6 Å². The minimum Gasteiger partial charge on any atom is -0.297 e. The average Bonchev–Trinajstić information content (AvgIpc) is 3.39. The molecule has 2 atom stereocenters. The van der Waals surface area contributed by atoms with Crippen LogP contribution in [0.25, 0.3) is 11.8 Å². The molecule has 1 aromatic heterocycles. The van der Waals surface area contributed by atoms with Gasteiger partial charge in [-0.25, -0.2) is 0 Å². The SMILES string of the molecule is CSC1=CCC([C@H](c2nnnn2-c2c(C)cccc2C)N2CCN(C/C=C/c3ccccc3)CC2)C=C1. The summed E-state index contributed by atoms with van der Waals surface area (Å²) in [7, 11) is 0. The number of aromatic nitrogens is 4. The summed E-state index contributed by atoms with van der Waals surface area (Å²) in [5.74, 6) is 1.26. The molecule has 0 spiro atoms. The monoisotopic (exact) mass is 512 g/mol. The van der Waals surface area contributed by atoms with Gasteiger partial charge in [0.2, 0.25) is 0 Å². The fourth-order valence-corrected chi connectivity index (χ4v) is 5.91. The van der Waals surface area contributed by atoms with Crippen LogP contribution in [0.3, 0.4) is 0 Å². The lowest BCUT2D eigenvalue weighted by atomic mass is 9.90. The number of nitrogens with zero attached hydrogens (tertiary/aromatic N) is 6. The molecule has 0 saturated carbocycles. The van der Waals surface area contributed by atoms with Crippen molar-refractivity contribution < 1.29 is 0 Å². The van der Waals surface area contributed by atoms with Gasteiger partial charge in [-0.1, -0.05) is 78.9 Å². The van der Waals surface area contributed by atoms with Gasteiger partial charge in [-0.2, -0.15) is 4.68 Å². The summed E-state index contributed by atoms with van der Waals surface area (Å²) in [6, 6.07) is 17.0. The first kappa shape index (κ1) is 25.6. The van der Waals surface area contributed by atoms with Crippen LogP contribution in [0, 0.1) is 19.8 Å². The van der Waals surface area contributed by atoms with Crippen LogP contribution in [0.15, 0.2) is 77.7 Å². The summed E-state index contributed by atoms with van der Waals surface area (Å²) in [5.41, 5.74) is 4.72. The van der Waals surface area contributed by atoms with Gasteiger partial charge in [-0.15, -0.1) is 16.9 Å². The van der Waals surface area contributed by atoms with Crippen molar-refractivity contribution in [3.05, 3.63) is 100 Å². The Morgan fingerprint density at radius 2 is 1.76 bits per heavy atom. The smallest absolute Gasteiger partial charge is 0.174 e. The second-order valence-corrected chi connectivity index (χ2v) is 10.7. The number of tetrazole rings is 1. The van der Waals surface area contributed by atoms with E-state index in [0.29, 0.717) is 5.92 Å². The second-order valence-electron chi connectivity index (χ2n) is 9.85. The average molecular weight is 513 g/mol. The molecule has 1 fully saturated rings. The first-order chi connectivity index (χ1) is 18.1. The minimum atomic E-state index is 0.118. The van der Waals surface area contributed by atoms with E-state index in [-0.39, 0.29) is 6.04 Å². The van der Waals surface area contributed by atoms with Crippen LogP contribution >= 0.6 is 11.8 Å². The Hall–Kier alpha value is -3.00. The van der Waals surface area contributed by atoms with Gasteiger partial charge in [0.25, 0.3) is 0 Å². The number of para-hydroxylation sites is 1. The molecule has 0 bridgehead atoms. The lowest BCUT2D eigenvalue weighted by Gasteiger charge is -2.41. The third-order valence-electron chi connectivity index (χ3n) is 7.42. The molecular formula is C30H36N6S. The fraction of sp³-hybridized carbons (Fsp3) is 0.367. The molecule has 3 aromatic rings. The van der Waals surface area contributed by atoms with Crippen LogP contribution in [0.2, 0.25) is 0 Å². The van der Waals surface area contributed by atoms with Gasteiger partial charge in [0.15, 0.2) is 5.82 Å². The molecule has 1 unspecified atom stereocenters. The van der Waals surface area contributed by atoms with Gasteiger partial charge in [0, 0.05) is 43.5 Å². The lowest BCUT2D eigenvalue weighted by molar-refractivity contribution is 0.0785. The Morgan fingerprint density at radius 1 is 1.00 bits per heavy atom. The minimum absolute atomic E-state index is 0.118. The largest absolute Gasteiger partial charge is 0.297 e. The van der Waals surface area contributed by atoms with E-state index in [9.17, 15) is 0 Å². The lowest BCUT2D eigenvalue weighted by Crippen LogP contribution is -2.49. The van der Waals surface area contributed by atoms with Crippen LogP contribution in [-0.2, 0) is 0 Å². The number of allylic oxidation sites excluding steroid dienone is 2. The number of hydrogen-bond donors (Lipinski definition) is 0. The highest BCUT2D eigenvalue weighted by Gasteiger charge is 2.35. The molecule has 1 saturated heterocycles. The van der Waals surface area contributed by atoms with E-state index in [2.05, 4.69) is 124 Å². The maximum absolute atomic E-state index is 4.64. The molecule has 37 heavy (non-hydrogen) atoms. The Labute approximate surface area is 224 Å². The van der Waals surface area contributed by atoms with Gasteiger partial charge < -0.3 is 0 Å². The molecule has 0 amide bonds. The van der Waals surface area contributed by atoms with Crippen molar-refractivity contribution in [1.82, 2.24) is 30.0 Å². The molecule has 0 N–H and O–H groups in total. The van der Waals surface area contributed by atoms with Crippen LogP contribution in [0.1, 0.15) is 35.0 Å². The molecule has 0 radical (unpaired) electrons. The quantitative estimate of drug-likeness (QED) is 0.399. The molecule has 7 heteroatoms. The van der Waals surface area contributed by atoms with E-state index in [1.165, 1.54) is 21.6 Å². The van der Waals surface area contributed by atoms with E-state index in [0.717, 1.165) is 50.7 Å². The number of benzene rings is 2. The molecule has 5 rings (SSSR count). The maximum atomic E-state index is 4.64. The number of aryl methyl sites for hydroxylation is 2. The Balaban J connectivity index is 1.36. The Bertz CT molecular complexity index is 1250. The van der Waals surface area contributed by atoms with Crippen molar-refractivity contribution >= 4 is 17.8 Å². The normalized spacial score (nSPS) is 19.9. The van der Waals surface area contributed by atoms with E-state index >= 15 is 0 Å². The first-order valence-corrected chi connectivity index (χ1v) is 14.3. The summed E-state index contributed by atoms with van der Waals surface area (Å²) in [5, 5.41) is 13.3. The zero-order valence-electron chi connectivity index (χ0n) is 22.0. The highest BCUT2D eigenvalue weighted by molar-refractivity contribution is 8.02. The number of rotatable bonds is 8. The Kier molecular flexibility index (Phi) is 8.34. The zero-order chi connectivity index (χ0) is 25.6. The molecule has 1 aliphatic carbocycles. The van der Waals surface area contributed by atoms with Crippen molar-refractivity contribution in [2.45, 2.75) is 26.3 Å². The van der Waals surface area contributed by atoms with Crippen molar-refractivity contribution in [2.24, 2.45) is 5.92 Å². The van der Waals surface area contributed by atoms with Crippen molar-refractivity contribution in [3.63, 3.8) is 0 Å². The van der Waals surface area contributed by atoms with E-state index in [1.807, 2.05) is 4.68 Å². The van der Waals surface area contributed by atoms with E-state index in [4.69, 9.17) is 0 Å². The highest BCUT2D eigenvalue weighted by Crippen LogP contribution is 2.37. The first-order valence-electron chi connectivity index (χ1n) is 13.1. The summed E-state index contributed by atoms with van der Waals surface area (Å²) in [4.78, 5) is 6.46. The molecule has 2 heterocycles. The number of hydrogen-bond acceptors (Lipinski definition) is 6. The van der Waals surface area contributed by atoms with Crippen molar-refractivity contribution in [1.29, 1.82) is 0 Å². The second kappa shape index (κ2) is 12.0. The van der Waals surface area contributed by atoms with Gasteiger partial charge >= 0.3 is 0 Å². The fourth-order valence-electron chi connectivity index (χ4n) is 5.43. The molecular weight excluding hydrogens is 476 g/mol. The topological polar surface area (TPSA) is 50.1 Å². The van der Waals surface area contributed by atoms with E-state index in [1.54, 1.807) is 11.8 Å². The van der Waals surface area contributed by atoms with Gasteiger partial charge in [0.05, 0.1) is 11.7 Å². The highest BCUT2D eigenvalue weighted by atomic mass is 32.2. The van der Waals surface area contributed by atoms with Crippen LogP contribution in [0.5, 0.6) is 0 Å². The zero-order valence-corrected chi connectivity index (χ0v) is 22.8. The summed E-state index contributed by atoms with van der Waals surface area (Å²) >= 11 is 1.80.